The van der Waals surface area contributed by atoms with Crippen LogP contribution in [0.4, 0.5) is 0 Å². The fourth-order valence-electron chi connectivity index (χ4n) is 3.33. The molecule has 0 aliphatic rings. The van der Waals surface area contributed by atoms with Gasteiger partial charge in [-0.05, 0) is 17.7 Å². The van der Waals surface area contributed by atoms with Gasteiger partial charge in [-0.3, -0.25) is 9.59 Å². The lowest BCUT2D eigenvalue weighted by Crippen LogP contribution is -2.47. The number of amides is 2. The molecule has 0 unspecified atom stereocenters. The highest BCUT2D eigenvalue weighted by Gasteiger charge is 2.29. The molecule has 0 aliphatic carbocycles. The zero-order valence-electron chi connectivity index (χ0n) is 19.2. The zero-order valence-corrected chi connectivity index (χ0v) is 19.2. The molecule has 168 valence electrons. The first-order chi connectivity index (χ1) is 14.8. The Hall–Kier alpha value is -2.86. The Morgan fingerprint density at radius 2 is 1.81 bits per heavy atom. The van der Waals surface area contributed by atoms with Crippen molar-refractivity contribution in [2.45, 2.75) is 33.9 Å². The Labute approximate surface area is 186 Å². The summed E-state index contributed by atoms with van der Waals surface area (Å²) in [5, 5.41) is 0. The van der Waals surface area contributed by atoms with Crippen LogP contribution in [0.2, 0.25) is 0 Å². The summed E-state index contributed by atoms with van der Waals surface area (Å²) >= 11 is 0. The number of hydrogen-bond donors (Lipinski definition) is 0. The Kier molecular flexibility index (Phi) is 9.06. The minimum atomic E-state index is -0.564. The number of hydrogen-bond acceptors (Lipinski definition) is 3. The smallest absolute Gasteiger partial charge is 0.242 e. The van der Waals surface area contributed by atoms with Crippen molar-refractivity contribution in [1.29, 1.82) is 0 Å². The molecule has 2 aromatic rings. The van der Waals surface area contributed by atoms with E-state index in [2.05, 4.69) is 23.3 Å². The van der Waals surface area contributed by atoms with Gasteiger partial charge in [0.2, 0.25) is 11.8 Å². The Balaban J connectivity index is 2.16. The topological polar surface area (TPSA) is 54.8 Å². The summed E-state index contributed by atoms with van der Waals surface area (Å²) in [7, 11) is 1.62. The van der Waals surface area contributed by atoms with Crippen molar-refractivity contribution in [2.75, 3.05) is 33.4 Å². The molecule has 1 aromatic carbocycles. The number of ether oxygens (including phenoxy) is 1. The minimum Gasteiger partial charge on any atom is -0.383 e. The lowest BCUT2D eigenvalue weighted by Gasteiger charge is -2.31. The molecule has 2 amide bonds. The fourth-order valence-corrected chi connectivity index (χ4v) is 3.33. The van der Waals surface area contributed by atoms with Crippen LogP contribution in [0.3, 0.4) is 0 Å². The van der Waals surface area contributed by atoms with E-state index in [0.717, 1.165) is 12.2 Å². The van der Waals surface area contributed by atoms with Crippen molar-refractivity contribution in [3.63, 3.8) is 0 Å². The summed E-state index contributed by atoms with van der Waals surface area (Å²) < 4.78 is 7.37. The molecule has 6 nitrogen and oxygen atoms in total. The average molecular weight is 426 g/mol. The SMILES string of the molecule is C=CCN(CC(=O)N(CCOC)Cc1cccn1Cc1ccccc1)C(=O)C(C)(C)C. The summed E-state index contributed by atoms with van der Waals surface area (Å²) in [6, 6.07) is 14.2. The van der Waals surface area contributed by atoms with Gasteiger partial charge in [-0.25, -0.2) is 0 Å². The van der Waals surface area contributed by atoms with Crippen LogP contribution in [-0.4, -0.2) is 59.5 Å². The summed E-state index contributed by atoms with van der Waals surface area (Å²) in [4.78, 5) is 29.3. The molecule has 0 spiro atoms. The Morgan fingerprint density at radius 3 is 2.42 bits per heavy atom. The highest BCUT2D eigenvalue weighted by molar-refractivity contribution is 5.87. The van der Waals surface area contributed by atoms with Crippen LogP contribution in [0.1, 0.15) is 32.0 Å². The Bertz CT molecular complexity index is 852. The predicted molar refractivity (Wildman–Crippen MR) is 124 cm³/mol. The van der Waals surface area contributed by atoms with E-state index in [9.17, 15) is 9.59 Å². The minimum absolute atomic E-state index is 0.0191. The van der Waals surface area contributed by atoms with Crippen LogP contribution in [0.5, 0.6) is 0 Å². The van der Waals surface area contributed by atoms with Gasteiger partial charge in [0, 0.05) is 44.0 Å². The molecule has 0 saturated heterocycles. The van der Waals surface area contributed by atoms with E-state index in [1.54, 1.807) is 23.0 Å². The number of rotatable bonds is 11. The maximum Gasteiger partial charge on any atom is 0.242 e. The molecule has 0 radical (unpaired) electrons. The molecule has 31 heavy (non-hydrogen) atoms. The van der Waals surface area contributed by atoms with Gasteiger partial charge in [-0.1, -0.05) is 57.2 Å². The molecule has 2 rings (SSSR count). The first-order valence-corrected chi connectivity index (χ1v) is 10.6. The second-order valence-corrected chi connectivity index (χ2v) is 8.65. The molecule has 0 saturated carbocycles. The third-order valence-electron chi connectivity index (χ3n) is 4.99. The molecule has 1 heterocycles. The van der Waals surface area contributed by atoms with Crippen molar-refractivity contribution < 1.29 is 14.3 Å². The van der Waals surface area contributed by atoms with Crippen molar-refractivity contribution in [3.8, 4) is 0 Å². The lowest BCUT2D eigenvalue weighted by molar-refractivity contribution is -0.145. The van der Waals surface area contributed by atoms with E-state index in [1.165, 1.54) is 5.56 Å². The molecule has 0 atom stereocenters. The second-order valence-electron chi connectivity index (χ2n) is 8.65. The van der Waals surface area contributed by atoms with Gasteiger partial charge in [-0.15, -0.1) is 6.58 Å². The van der Waals surface area contributed by atoms with Crippen LogP contribution < -0.4 is 0 Å². The molecule has 0 fully saturated rings. The molecule has 0 N–H and O–H groups in total. The largest absolute Gasteiger partial charge is 0.383 e. The van der Waals surface area contributed by atoms with Gasteiger partial charge in [0.05, 0.1) is 13.2 Å². The number of aromatic nitrogens is 1. The fraction of sp³-hybridized carbons (Fsp3) is 0.440. The first-order valence-electron chi connectivity index (χ1n) is 10.6. The van der Waals surface area contributed by atoms with Gasteiger partial charge in [0.15, 0.2) is 0 Å². The van der Waals surface area contributed by atoms with E-state index < -0.39 is 5.41 Å². The van der Waals surface area contributed by atoms with Crippen LogP contribution in [0.25, 0.3) is 0 Å². The highest BCUT2D eigenvalue weighted by atomic mass is 16.5. The van der Waals surface area contributed by atoms with Crippen molar-refractivity contribution in [2.24, 2.45) is 5.41 Å². The number of benzene rings is 1. The van der Waals surface area contributed by atoms with E-state index in [4.69, 9.17) is 4.74 Å². The summed E-state index contributed by atoms with van der Waals surface area (Å²) in [5.41, 5.74) is 1.67. The normalized spacial score (nSPS) is 11.2. The zero-order chi connectivity index (χ0) is 22.9. The van der Waals surface area contributed by atoms with E-state index in [0.29, 0.717) is 26.2 Å². The van der Waals surface area contributed by atoms with Gasteiger partial charge >= 0.3 is 0 Å². The lowest BCUT2D eigenvalue weighted by atomic mass is 9.94. The standard InChI is InChI=1S/C25H35N3O3/c1-6-14-28(24(30)25(2,3)4)20-23(29)27(16-17-31-5)19-22-13-10-15-26(22)18-21-11-8-7-9-12-21/h6-13,15H,1,14,16-20H2,2-5H3. The summed E-state index contributed by atoms with van der Waals surface area (Å²) in [6.07, 6.45) is 3.68. The molecule has 6 heteroatoms. The van der Waals surface area contributed by atoms with Crippen molar-refractivity contribution >= 4 is 11.8 Å². The summed E-state index contributed by atoms with van der Waals surface area (Å²) in [6.45, 7) is 11.7. The third kappa shape index (κ3) is 7.40. The molecule has 1 aromatic heterocycles. The highest BCUT2D eigenvalue weighted by Crippen LogP contribution is 2.18. The number of methoxy groups -OCH3 is 1. The summed E-state index contributed by atoms with van der Waals surface area (Å²) in [5.74, 6) is -0.177. The van der Waals surface area contributed by atoms with Gasteiger partial charge in [0.25, 0.3) is 0 Å². The Morgan fingerprint density at radius 1 is 1.10 bits per heavy atom. The second kappa shape index (κ2) is 11.5. The van der Waals surface area contributed by atoms with Crippen LogP contribution in [0, 0.1) is 5.41 Å². The monoisotopic (exact) mass is 425 g/mol. The number of carbonyl (C=O) groups excluding carboxylic acids is 2. The van der Waals surface area contributed by atoms with Crippen molar-refractivity contribution in [1.82, 2.24) is 14.4 Å². The number of nitrogens with zero attached hydrogens (tertiary/aromatic N) is 3. The molecular weight excluding hydrogens is 390 g/mol. The quantitative estimate of drug-likeness (QED) is 0.517. The molecule has 0 aliphatic heterocycles. The van der Waals surface area contributed by atoms with Crippen LogP contribution >= 0.6 is 0 Å². The van der Waals surface area contributed by atoms with Crippen LogP contribution in [-0.2, 0) is 27.4 Å². The van der Waals surface area contributed by atoms with Crippen molar-refractivity contribution in [3.05, 3.63) is 72.6 Å². The third-order valence-corrected chi connectivity index (χ3v) is 4.99. The average Bonchev–Trinajstić information content (AvgIpc) is 3.16. The van der Waals surface area contributed by atoms with Gasteiger partial charge < -0.3 is 19.1 Å². The van der Waals surface area contributed by atoms with E-state index >= 15 is 0 Å². The van der Waals surface area contributed by atoms with E-state index in [1.807, 2.05) is 57.3 Å². The first kappa shape index (κ1) is 24.4. The van der Waals surface area contributed by atoms with Gasteiger partial charge in [-0.2, -0.15) is 0 Å². The maximum absolute atomic E-state index is 13.2. The molecule has 0 bridgehead atoms. The molecular formula is C25H35N3O3. The number of carbonyl (C=O) groups is 2. The predicted octanol–water partition coefficient (Wildman–Crippen LogP) is 3.57. The van der Waals surface area contributed by atoms with E-state index in [-0.39, 0.29) is 18.4 Å². The van der Waals surface area contributed by atoms with Crippen LogP contribution in [0.15, 0.2) is 61.3 Å². The maximum atomic E-state index is 13.2. The van der Waals surface area contributed by atoms with Gasteiger partial charge in [0.1, 0.15) is 6.54 Å².